The minimum atomic E-state index is -4.12. The van der Waals surface area contributed by atoms with Crippen LogP contribution in [0, 0.1) is 0 Å². The van der Waals surface area contributed by atoms with Gasteiger partial charge in [-0.15, -0.1) is 0 Å². The number of anilines is 1. The molecule has 0 radical (unpaired) electrons. The van der Waals surface area contributed by atoms with Crippen molar-refractivity contribution in [3.63, 3.8) is 0 Å². The lowest BCUT2D eigenvalue weighted by Gasteiger charge is -2.26. The Bertz CT molecular complexity index is 1330. The third-order valence-electron chi connectivity index (χ3n) is 5.72. The first-order chi connectivity index (χ1) is 17.3. The first-order valence-electron chi connectivity index (χ1n) is 11.3. The van der Waals surface area contributed by atoms with E-state index < -0.39 is 28.5 Å². The number of benzene rings is 3. The molecule has 0 bridgehead atoms. The summed E-state index contributed by atoms with van der Waals surface area (Å²) in [6.07, 6.45) is 0. The Balaban J connectivity index is 1.58. The first-order valence-corrected chi connectivity index (χ1v) is 12.8. The molecule has 1 unspecified atom stereocenters. The summed E-state index contributed by atoms with van der Waals surface area (Å²) >= 11 is 0. The molecule has 0 saturated carbocycles. The Labute approximate surface area is 210 Å². The summed E-state index contributed by atoms with van der Waals surface area (Å²) in [5.41, 5.74) is 1.16. The minimum Gasteiger partial charge on any atom is -0.493 e. The second-order valence-corrected chi connectivity index (χ2v) is 9.92. The SMILES string of the molecule is COc1ccc(S(=O)(=O)N(CC(=O)NC(C)c2ccc3c(c2)OCCO3)c2ccccc2)cc1OC. The molecule has 0 saturated heterocycles. The molecule has 190 valence electrons. The summed E-state index contributed by atoms with van der Waals surface area (Å²) in [6.45, 7) is 2.34. The molecule has 36 heavy (non-hydrogen) atoms. The van der Waals surface area contributed by atoms with E-state index in [0.717, 1.165) is 9.87 Å². The number of nitrogens with zero attached hydrogens (tertiary/aromatic N) is 1. The van der Waals surface area contributed by atoms with Crippen molar-refractivity contribution in [3.8, 4) is 23.0 Å². The van der Waals surface area contributed by atoms with Gasteiger partial charge < -0.3 is 24.3 Å². The number of nitrogens with one attached hydrogen (secondary N) is 1. The van der Waals surface area contributed by atoms with Gasteiger partial charge in [0.15, 0.2) is 23.0 Å². The average molecular weight is 513 g/mol. The summed E-state index contributed by atoms with van der Waals surface area (Å²) in [5, 5.41) is 2.88. The summed E-state index contributed by atoms with van der Waals surface area (Å²) in [5.74, 6) is 1.46. The van der Waals surface area contributed by atoms with Crippen molar-refractivity contribution in [2.24, 2.45) is 0 Å². The molecule has 9 nitrogen and oxygen atoms in total. The molecule has 1 aliphatic heterocycles. The molecule has 0 fully saturated rings. The Morgan fingerprint density at radius 2 is 1.64 bits per heavy atom. The number of hydrogen-bond donors (Lipinski definition) is 1. The summed E-state index contributed by atoms with van der Waals surface area (Å²) in [6, 6.07) is 17.8. The number of rotatable bonds is 9. The second-order valence-electron chi connectivity index (χ2n) is 8.06. The van der Waals surface area contributed by atoms with E-state index in [1.54, 1.807) is 36.4 Å². The number of hydrogen-bond acceptors (Lipinski definition) is 7. The highest BCUT2D eigenvalue weighted by Crippen LogP contribution is 2.33. The van der Waals surface area contributed by atoms with Crippen molar-refractivity contribution in [3.05, 3.63) is 72.3 Å². The molecule has 4 rings (SSSR count). The zero-order chi connectivity index (χ0) is 25.7. The maximum atomic E-state index is 13.7. The van der Waals surface area contributed by atoms with Gasteiger partial charge in [0.05, 0.1) is 30.8 Å². The molecule has 0 aliphatic carbocycles. The van der Waals surface area contributed by atoms with Crippen molar-refractivity contribution < 1.29 is 32.2 Å². The van der Waals surface area contributed by atoms with Crippen LogP contribution in [-0.2, 0) is 14.8 Å². The van der Waals surface area contributed by atoms with Gasteiger partial charge in [0.25, 0.3) is 10.0 Å². The Morgan fingerprint density at radius 3 is 2.33 bits per heavy atom. The quantitative estimate of drug-likeness (QED) is 0.468. The van der Waals surface area contributed by atoms with Gasteiger partial charge >= 0.3 is 0 Å². The van der Waals surface area contributed by atoms with E-state index >= 15 is 0 Å². The molecule has 3 aromatic carbocycles. The third kappa shape index (κ3) is 5.33. The van der Waals surface area contributed by atoms with Crippen LogP contribution in [0.1, 0.15) is 18.5 Å². The van der Waals surface area contributed by atoms with Crippen molar-refractivity contribution in [2.75, 3.05) is 38.3 Å². The van der Waals surface area contributed by atoms with Gasteiger partial charge in [0, 0.05) is 6.07 Å². The van der Waals surface area contributed by atoms with E-state index in [-0.39, 0.29) is 10.6 Å². The monoisotopic (exact) mass is 512 g/mol. The van der Waals surface area contributed by atoms with Crippen LogP contribution >= 0.6 is 0 Å². The van der Waals surface area contributed by atoms with Gasteiger partial charge in [-0.2, -0.15) is 0 Å². The van der Waals surface area contributed by atoms with Crippen LogP contribution in [0.2, 0.25) is 0 Å². The summed E-state index contributed by atoms with van der Waals surface area (Å²) in [4.78, 5) is 13.1. The van der Waals surface area contributed by atoms with Crippen LogP contribution < -0.4 is 28.6 Å². The number of carbonyl (C=O) groups is 1. The zero-order valence-corrected chi connectivity index (χ0v) is 21.1. The van der Waals surface area contributed by atoms with Gasteiger partial charge in [-0.1, -0.05) is 24.3 Å². The normalized spacial score (nSPS) is 13.4. The molecule has 1 aliphatic rings. The highest BCUT2D eigenvalue weighted by molar-refractivity contribution is 7.92. The van der Waals surface area contributed by atoms with Gasteiger partial charge in [-0.05, 0) is 48.9 Å². The maximum absolute atomic E-state index is 13.7. The first kappa shape index (κ1) is 25.2. The Hall–Kier alpha value is -3.92. The van der Waals surface area contributed by atoms with Crippen LogP contribution in [0.15, 0.2) is 71.6 Å². The second kappa shape index (κ2) is 10.8. The molecule has 0 aromatic heterocycles. The van der Waals surface area contributed by atoms with Crippen LogP contribution in [0.5, 0.6) is 23.0 Å². The molecule has 10 heteroatoms. The molecule has 1 atom stereocenters. The lowest BCUT2D eigenvalue weighted by Crippen LogP contribution is -2.41. The van der Waals surface area contributed by atoms with E-state index in [4.69, 9.17) is 18.9 Å². The molecule has 1 heterocycles. The number of amides is 1. The van der Waals surface area contributed by atoms with Crippen LogP contribution in [-0.4, -0.2) is 48.3 Å². The average Bonchev–Trinajstić information content (AvgIpc) is 2.91. The Kier molecular flexibility index (Phi) is 7.54. The molecule has 0 spiro atoms. The fraction of sp³-hybridized carbons (Fsp3) is 0.269. The number of methoxy groups -OCH3 is 2. The van der Waals surface area contributed by atoms with Crippen molar-refractivity contribution >= 4 is 21.6 Å². The summed E-state index contributed by atoms with van der Waals surface area (Å²) in [7, 11) is -1.22. The van der Waals surface area contributed by atoms with Crippen molar-refractivity contribution in [2.45, 2.75) is 17.9 Å². The zero-order valence-electron chi connectivity index (χ0n) is 20.3. The number of sulfonamides is 1. The highest BCUT2D eigenvalue weighted by atomic mass is 32.2. The van der Waals surface area contributed by atoms with Gasteiger partial charge in [0.1, 0.15) is 19.8 Å². The van der Waals surface area contributed by atoms with E-state index in [9.17, 15) is 13.2 Å². The predicted octanol–water partition coefficient (Wildman–Crippen LogP) is 3.55. The van der Waals surface area contributed by atoms with Crippen LogP contribution in [0.25, 0.3) is 0 Å². The van der Waals surface area contributed by atoms with Crippen molar-refractivity contribution in [1.82, 2.24) is 5.32 Å². The maximum Gasteiger partial charge on any atom is 0.264 e. The van der Waals surface area contributed by atoms with E-state index in [0.29, 0.717) is 36.1 Å². The molecule has 1 N–H and O–H groups in total. The van der Waals surface area contributed by atoms with E-state index in [1.807, 2.05) is 19.1 Å². The van der Waals surface area contributed by atoms with Gasteiger partial charge in [-0.25, -0.2) is 8.42 Å². The molecule has 3 aromatic rings. The lowest BCUT2D eigenvalue weighted by molar-refractivity contribution is -0.120. The van der Waals surface area contributed by atoms with Gasteiger partial charge in [0.2, 0.25) is 5.91 Å². The molecule has 1 amide bonds. The highest BCUT2D eigenvalue weighted by Gasteiger charge is 2.29. The number of para-hydroxylation sites is 1. The van der Waals surface area contributed by atoms with Crippen LogP contribution in [0.4, 0.5) is 5.69 Å². The minimum absolute atomic E-state index is 0.0308. The number of ether oxygens (including phenoxy) is 4. The number of fused-ring (bicyclic) bond motifs is 1. The smallest absolute Gasteiger partial charge is 0.264 e. The van der Waals surface area contributed by atoms with E-state index in [1.165, 1.54) is 32.4 Å². The lowest BCUT2D eigenvalue weighted by atomic mass is 10.1. The number of carbonyl (C=O) groups excluding carboxylic acids is 1. The topological polar surface area (TPSA) is 103 Å². The summed E-state index contributed by atoms with van der Waals surface area (Å²) < 4.78 is 50.1. The fourth-order valence-corrected chi connectivity index (χ4v) is 5.28. The van der Waals surface area contributed by atoms with Crippen LogP contribution in [0.3, 0.4) is 0 Å². The largest absolute Gasteiger partial charge is 0.493 e. The van der Waals surface area contributed by atoms with Gasteiger partial charge in [-0.3, -0.25) is 9.10 Å². The van der Waals surface area contributed by atoms with E-state index in [2.05, 4.69) is 5.32 Å². The fourth-order valence-electron chi connectivity index (χ4n) is 3.84. The molecular formula is C26H28N2O7S. The molecular weight excluding hydrogens is 484 g/mol. The standard InChI is InChI=1S/C26H28N2O7S/c1-18(19-9-11-23-25(15-19)35-14-13-34-23)27-26(29)17-28(20-7-5-4-6-8-20)36(30,31)21-10-12-22(32-2)24(16-21)33-3/h4-12,15-16,18H,13-14,17H2,1-3H3,(H,27,29). The third-order valence-corrected chi connectivity index (χ3v) is 7.49. The predicted molar refractivity (Wildman–Crippen MR) is 135 cm³/mol. The van der Waals surface area contributed by atoms with Crippen molar-refractivity contribution in [1.29, 1.82) is 0 Å². The Morgan fingerprint density at radius 1 is 0.944 bits per heavy atom.